The predicted molar refractivity (Wildman–Crippen MR) is 78.2 cm³/mol. The van der Waals surface area contributed by atoms with Gasteiger partial charge in [0.2, 0.25) is 0 Å². The van der Waals surface area contributed by atoms with E-state index in [1.165, 1.54) is 17.5 Å². The molecule has 106 valence electrons. The highest BCUT2D eigenvalue weighted by Crippen LogP contribution is 2.45. The van der Waals surface area contributed by atoms with Crippen molar-refractivity contribution in [2.24, 2.45) is 0 Å². The fourth-order valence-corrected chi connectivity index (χ4v) is 3.10. The standard InChI is InChI=1S/C16H25NO2/c1-11(2)12-7-8-13(18-4)15(19-5)14(12)16(3)9-6-10-17-16/h7-8,11,17H,6,9-10H2,1-5H3. The van der Waals surface area contributed by atoms with E-state index in [0.29, 0.717) is 5.92 Å². The van der Waals surface area contributed by atoms with Crippen molar-refractivity contribution in [3.05, 3.63) is 23.3 Å². The van der Waals surface area contributed by atoms with Gasteiger partial charge >= 0.3 is 0 Å². The van der Waals surface area contributed by atoms with Crippen molar-refractivity contribution >= 4 is 0 Å². The average molecular weight is 263 g/mol. The molecule has 1 aromatic rings. The number of methoxy groups -OCH3 is 2. The number of benzene rings is 1. The molecule has 0 aromatic heterocycles. The van der Waals surface area contributed by atoms with Crippen LogP contribution in [0.5, 0.6) is 11.5 Å². The van der Waals surface area contributed by atoms with Crippen LogP contribution in [0.15, 0.2) is 12.1 Å². The lowest BCUT2D eigenvalue weighted by Crippen LogP contribution is -2.35. The van der Waals surface area contributed by atoms with Crippen LogP contribution in [-0.2, 0) is 5.54 Å². The molecule has 0 spiro atoms. The minimum Gasteiger partial charge on any atom is -0.493 e. The third-order valence-electron chi connectivity index (χ3n) is 4.12. The third kappa shape index (κ3) is 2.44. The molecule has 19 heavy (non-hydrogen) atoms. The quantitative estimate of drug-likeness (QED) is 0.903. The Labute approximate surface area is 116 Å². The number of hydrogen-bond donors (Lipinski definition) is 1. The Morgan fingerprint density at radius 3 is 2.42 bits per heavy atom. The summed E-state index contributed by atoms with van der Waals surface area (Å²) in [6, 6.07) is 4.18. The van der Waals surface area contributed by atoms with E-state index >= 15 is 0 Å². The van der Waals surface area contributed by atoms with Gasteiger partial charge in [-0.3, -0.25) is 0 Å². The Bertz CT molecular complexity index is 448. The third-order valence-corrected chi connectivity index (χ3v) is 4.12. The molecule has 0 bridgehead atoms. The van der Waals surface area contributed by atoms with Gasteiger partial charge in [0.05, 0.1) is 14.2 Å². The second kappa shape index (κ2) is 5.41. The maximum absolute atomic E-state index is 5.67. The van der Waals surface area contributed by atoms with Crippen LogP contribution in [0, 0.1) is 0 Å². The fourth-order valence-electron chi connectivity index (χ4n) is 3.10. The molecule has 1 atom stereocenters. The van der Waals surface area contributed by atoms with Crippen LogP contribution in [0.1, 0.15) is 50.7 Å². The van der Waals surface area contributed by atoms with Gasteiger partial charge in [0, 0.05) is 11.1 Å². The van der Waals surface area contributed by atoms with Crippen molar-refractivity contribution in [2.45, 2.75) is 45.1 Å². The van der Waals surface area contributed by atoms with Crippen molar-refractivity contribution < 1.29 is 9.47 Å². The molecule has 1 unspecified atom stereocenters. The average Bonchev–Trinajstić information content (AvgIpc) is 2.84. The Morgan fingerprint density at radius 1 is 1.21 bits per heavy atom. The van der Waals surface area contributed by atoms with Crippen LogP contribution >= 0.6 is 0 Å². The molecular formula is C16H25NO2. The lowest BCUT2D eigenvalue weighted by Gasteiger charge is -2.31. The normalized spacial score (nSPS) is 22.8. The second-order valence-corrected chi connectivity index (χ2v) is 5.78. The van der Waals surface area contributed by atoms with Crippen LogP contribution in [0.2, 0.25) is 0 Å². The zero-order valence-electron chi connectivity index (χ0n) is 12.7. The van der Waals surface area contributed by atoms with E-state index in [9.17, 15) is 0 Å². The van der Waals surface area contributed by atoms with Crippen molar-refractivity contribution in [2.75, 3.05) is 20.8 Å². The first-order chi connectivity index (χ1) is 9.03. The Kier molecular flexibility index (Phi) is 4.04. The number of ether oxygens (including phenoxy) is 2. The van der Waals surface area contributed by atoms with Gasteiger partial charge in [0.15, 0.2) is 11.5 Å². The van der Waals surface area contributed by atoms with Gasteiger partial charge in [0.25, 0.3) is 0 Å². The highest BCUT2D eigenvalue weighted by Gasteiger charge is 2.36. The minimum atomic E-state index is -0.0144. The Hall–Kier alpha value is -1.22. The topological polar surface area (TPSA) is 30.5 Å². The first kappa shape index (κ1) is 14.2. The van der Waals surface area contributed by atoms with Gasteiger partial charge in [-0.05, 0) is 43.9 Å². The van der Waals surface area contributed by atoms with Gasteiger partial charge in [0.1, 0.15) is 0 Å². The molecule has 1 saturated heterocycles. The molecule has 0 radical (unpaired) electrons. The first-order valence-electron chi connectivity index (χ1n) is 7.04. The van der Waals surface area contributed by atoms with Gasteiger partial charge < -0.3 is 14.8 Å². The molecule has 1 aromatic carbocycles. The molecule has 3 heteroatoms. The first-order valence-corrected chi connectivity index (χ1v) is 7.04. The number of hydrogen-bond acceptors (Lipinski definition) is 3. The molecule has 1 heterocycles. The van der Waals surface area contributed by atoms with E-state index in [1.54, 1.807) is 14.2 Å². The van der Waals surface area contributed by atoms with E-state index in [0.717, 1.165) is 24.5 Å². The maximum Gasteiger partial charge on any atom is 0.166 e. The summed E-state index contributed by atoms with van der Waals surface area (Å²) in [6.45, 7) is 7.78. The zero-order valence-corrected chi connectivity index (χ0v) is 12.7. The summed E-state index contributed by atoms with van der Waals surface area (Å²) in [5.41, 5.74) is 2.59. The molecular weight excluding hydrogens is 238 g/mol. The highest BCUT2D eigenvalue weighted by atomic mass is 16.5. The molecule has 1 aliphatic rings. The van der Waals surface area contributed by atoms with Crippen molar-refractivity contribution in [1.82, 2.24) is 5.32 Å². The molecule has 1 N–H and O–H groups in total. The van der Waals surface area contributed by atoms with Crippen molar-refractivity contribution in [3.8, 4) is 11.5 Å². The van der Waals surface area contributed by atoms with Crippen molar-refractivity contribution in [1.29, 1.82) is 0 Å². The number of nitrogens with one attached hydrogen (secondary N) is 1. The van der Waals surface area contributed by atoms with Gasteiger partial charge in [-0.15, -0.1) is 0 Å². The predicted octanol–water partition coefficient (Wildman–Crippen LogP) is 3.43. The van der Waals surface area contributed by atoms with Gasteiger partial charge in [-0.25, -0.2) is 0 Å². The minimum absolute atomic E-state index is 0.0144. The summed E-state index contributed by atoms with van der Waals surface area (Å²) in [5.74, 6) is 2.16. The van der Waals surface area contributed by atoms with Crippen LogP contribution in [0.3, 0.4) is 0 Å². The Balaban J connectivity index is 2.65. The van der Waals surface area contributed by atoms with E-state index < -0.39 is 0 Å². The summed E-state index contributed by atoms with van der Waals surface area (Å²) < 4.78 is 11.1. The number of rotatable bonds is 4. The van der Waals surface area contributed by atoms with E-state index in [-0.39, 0.29) is 5.54 Å². The smallest absolute Gasteiger partial charge is 0.166 e. The molecule has 0 aliphatic carbocycles. The summed E-state index contributed by atoms with van der Waals surface area (Å²) in [5, 5.41) is 3.64. The second-order valence-electron chi connectivity index (χ2n) is 5.78. The summed E-state index contributed by atoms with van der Waals surface area (Å²) in [4.78, 5) is 0. The Morgan fingerprint density at radius 2 is 1.95 bits per heavy atom. The SMILES string of the molecule is COc1ccc(C(C)C)c(C2(C)CCCN2)c1OC. The van der Waals surface area contributed by atoms with Gasteiger partial charge in [-0.2, -0.15) is 0 Å². The zero-order chi connectivity index (χ0) is 14.0. The lowest BCUT2D eigenvalue weighted by atomic mass is 9.82. The van der Waals surface area contributed by atoms with E-state index in [2.05, 4.69) is 32.2 Å². The molecule has 1 fully saturated rings. The van der Waals surface area contributed by atoms with Crippen LogP contribution in [0.25, 0.3) is 0 Å². The van der Waals surface area contributed by atoms with E-state index in [1.807, 2.05) is 6.07 Å². The van der Waals surface area contributed by atoms with E-state index in [4.69, 9.17) is 9.47 Å². The molecule has 3 nitrogen and oxygen atoms in total. The molecule has 0 saturated carbocycles. The molecule has 2 rings (SSSR count). The van der Waals surface area contributed by atoms with Gasteiger partial charge in [-0.1, -0.05) is 19.9 Å². The fraction of sp³-hybridized carbons (Fsp3) is 0.625. The summed E-state index contributed by atoms with van der Waals surface area (Å²) in [7, 11) is 3.42. The van der Waals surface area contributed by atoms with Crippen LogP contribution in [0.4, 0.5) is 0 Å². The molecule has 1 aliphatic heterocycles. The monoisotopic (exact) mass is 263 g/mol. The maximum atomic E-state index is 5.67. The highest BCUT2D eigenvalue weighted by molar-refractivity contribution is 5.55. The van der Waals surface area contributed by atoms with Crippen molar-refractivity contribution in [3.63, 3.8) is 0 Å². The lowest BCUT2D eigenvalue weighted by molar-refractivity contribution is 0.331. The summed E-state index contributed by atoms with van der Waals surface area (Å²) in [6.07, 6.45) is 2.34. The molecule has 0 amide bonds. The largest absolute Gasteiger partial charge is 0.493 e. The van der Waals surface area contributed by atoms with Crippen LogP contribution < -0.4 is 14.8 Å². The summed E-state index contributed by atoms with van der Waals surface area (Å²) >= 11 is 0. The van der Waals surface area contributed by atoms with Crippen LogP contribution in [-0.4, -0.2) is 20.8 Å².